The van der Waals surface area contributed by atoms with Gasteiger partial charge < -0.3 is 15.2 Å². The number of benzene rings is 3. The van der Waals surface area contributed by atoms with Crippen LogP contribution in [0.3, 0.4) is 0 Å². The van der Waals surface area contributed by atoms with E-state index in [0.717, 1.165) is 52.2 Å². The van der Waals surface area contributed by atoms with Crippen LogP contribution in [0.5, 0.6) is 0 Å². The second-order valence-electron chi connectivity index (χ2n) is 9.73. The largest absolute Gasteiger partial charge is 0.326 e. The summed E-state index contributed by atoms with van der Waals surface area (Å²) in [5, 5.41) is 0. The van der Waals surface area contributed by atoms with Crippen LogP contribution in [-0.4, -0.2) is 20.5 Å². The molecule has 0 radical (unpaired) electrons. The average molecular weight is 468 g/mol. The van der Waals surface area contributed by atoms with Crippen LogP contribution in [0.4, 0.5) is 10.5 Å². The highest BCUT2D eigenvalue weighted by Gasteiger charge is 2.31. The number of nitrogens with zero attached hydrogens (tertiary/aromatic N) is 4. The molecule has 0 saturated carbocycles. The van der Waals surface area contributed by atoms with Gasteiger partial charge in [-0.3, -0.25) is 4.90 Å². The maximum atomic E-state index is 13.8. The Morgan fingerprint density at radius 3 is 2.49 bits per heavy atom. The van der Waals surface area contributed by atoms with Gasteiger partial charge in [0.2, 0.25) is 0 Å². The number of urea groups is 1. The van der Waals surface area contributed by atoms with Gasteiger partial charge in [-0.1, -0.05) is 68.4 Å². The zero-order chi connectivity index (χ0) is 24.4. The summed E-state index contributed by atoms with van der Waals surface area (Å²) in [6.07, 6.45) is 1.04. The number of amides is 2. The lowest BCUT2D eigenvalue weighted by Gasteiger charge is -2.37. The highest BCUT2D eigenvalue weighted by Crippen LogP contribution is 2.31. The van der Waals surface area contributed by atoms with E-state index in [9.17, 15) is 4.79 Å². The van der Waals surface area contributed by atoms with Crippen molar-refractivity contribution in [1.29, 1.82) is 0 Å². The molecule has 0 saturated heterocycles. The van der Waals surface area contributed by atoms with Crippen LogP contribution in [0.1, 0.15) is 42.8 Å². The normalized spacial score (nSPS) is 13.7. The van der Waals surface area contributed by atoms with Crippen LogP contribution in [0.25, 0.3) is 11.0 Å². The van der Waals surface area contributed by atoms with Gasteiger partial charge in [0.15, 0.2) is 0 Å². The molecule has 6 heteroatoms. The van der Waals surface area contributed by atoms with Gasteiger partial charge in [0.25, 0.3) is 0 Å². The van der Waals surface area contributed by atoms with E-state index >= 15 is 0 Å². The highest BCUT2D eigenvalue weighted by molar-refractivity contribution is 5.94. The second kappa shape index (κ2) is 9.92. The molecule has 0 fully saturated rings. The molecule has 180 valence electrons. The van der Waals surface area contributed by atoms with Gasteiger partial charge in [-0.05, 0) is 47.2 Å². The van der Waals surface area contributed by atoms with Crippen LogP contribution in [0, 0.1) is 5.92 Å². The Hall–Kier alpha value is -3.64. The number of para-hydroxylation sites is 1. The molecule has 1 aliphatic rings. The molecule has 2 amide bonds. The number of nitrogens with two attached hydrogens (primary N) is 1. The maximum Gasteiger partial charge on any atom is 0.325 e. The molecule has 1 aliphatic heterocycles. The third-order valence-corrected chi connectivity index (χ3v) is 6.72. The van der Waals surface area contributed by atoms with Crippen LogP contribution < -0.4 is 10.6 Å². The van der Waals surface area contributed by atoms with Gasteiger partial charge in [-0.2, -0.15) is 0 Å². The number of aryl methyl sites for hydroxylation is 1. The summed E-state index contributed by atoms with van der Waals surface area (Å²) < 4.78 is 2.28. The van der Waals surface area contributed by atoms with Gasteiger partial charge in [-0.15, -0.1) is 0 Å². The molecular weight excluding hydrogens is 434 g/mol. The van der Waals surface area contributed by atoms with E-state index in [1.54, 1.807) is 0 Å². The number of anilines is 1. The van der Waals surface area contributed by atoms with Gasteiger partial charge in [-0.25, -0.2) is 9.78 Å². The lowest BCUT2D eigenvalue weighted by atomic mass is 10.1. The minimum Gasteiger partial charge on any atom is -0.326 e. The zero-order valence-corrected chi connectivity index (χ0v) is 20.5. The Balaban J connectivity index is 1.52. The highest BCUT2D eigenvalue weighted by atomic mass is 16.2. The quantitative estimate of drug-likeness (QED) is 0.362. The van der Waals surface area contributed by atoms with Gasteiger partial charge in [0.05, 0.1) is 23.3 Å². The predicted octanol–water partition coefficient (Wildman–Crippen LogP) is 5.68. The van der Waals surface area contributed by atoms with Crippen LogP contribution in [0.2, 0.25) is 0 Å². The fourth-order valence-electron chi connectivity index (χ4n) is 4.79. The molecule has 5 rings (SSSR count). The fraction of sp³-hybridized carbons (Fsp3) is 0.310. The molecule has 3 aromatic carbocycles. The van der Waals surface area contributed by atoms with E-state index in [2.05, 4.69) is 54.8 Å². The van der Waals surface area contributed by atoms with Gasteiger partial charge in [0, 0.05) is 26.2 Å². The fourth-order valence-corrected chi connectivity index (χ4v) is 4.79. The zero-order valence-electron chi connectivity index (χ0n) is 20.5. The Morgan fingerprint density at radius 1 is 0.943 bits per heavy atom. The number of aromatic nitrogens is 2. The number of hydrogen-bond donors (Lipinski definition) is 1. The van der Waals surface area contributed by atoms with E-state index in [0.29, 0.717) is 32.1 Å². The summed E-state index contributed by atoms with van der Waals surface area (Å²) in [4.78, 5) is 22.6. The van der Waals surface area contributed by atoms with Crippen molar-refractivity contribution in [2.75, 3.05) is 4.90 Å². The van der Waals surface area contributed by atoms with Crippen LogP contribution in [0.15, 0.2) is 72.8 Å². The number of imidazole rings is 1. The summed E-state index contributed by atoms with van der Waals surface area (Å²) in [6.45, 7) is 7.41. The topological polar surface area (TPSA) is 67.4 Å². The van der Waals surface area contributed by atoms with Gasteiger partial charge in [0.1, 0.15) is 5.82 Å². The molecule has 0 aliphatic carbocycles. The van der Waals surface area contributed by atoms with Crippen molar-refractivity contribution in [3.63, 3.8) is 0 Å². The van der Waals surface area contributed by atoms with E-state index in [4.69, 9.17) is 10.7 Å². The van der Waals surface area contributed by atoms with Crippen molar-refractivity contribution in [1.82, 2.24) is 14.5 Å². The third kappa shape index (κ3) is 4.80. The van der Waals surface area contributed by atoms with E-state index in [1.807, 2.05) is 46.2 Å². The lowest BCUT2D eigenvalue weighted by Crippen LogP contribution is -2.46. The van der Waals surface area contributed by atoms with Crippen molar-refractivity contribution in [3.8, 4) is 0 Å². The first kappa shape index (κ1) is 23.1. The lowest BCUT2D eigenvalue weighted by molar-refractivity contribution is 0.194. The third-order valence-electron chi connectivity index (χ3n) is 6.72. The molecule has 6 nitrogen and oxygen atoms in total. The van der Waals surface area contributed by atoms with E-state index in [-0.39, 0.29) is 6.03 Å². The SMILES string of the molecule is CC(C)CCn1c(CN2C(=O)N(Cc3ccccc3)Cc3ccccc32)nc2cc(CN)ccc21. The monoisotopic (exact) mass is 467 g/mol. The molecule has 0 unspecified atom stereocenters. The maximum absolute atomic E-state index is 13.8. The average Bonchev–Trinajstić information content (AvgIpc) is 3.21. The minimum atomic E-state index is 0.0117. The first-order valence-corrected chi connectivity index (χ1v) is 12.4. The summed E-state index contributed by atoms with van der Waals surface area (Å²) in [7, 11) is 0. The first-order chi connectivity index (χ1) is 17.0. The Labute approximate surface area is 207 Å². The first-order valence-electron chi connectivity index (χ1n) is 12.4. The summed E-state index contributed by atoms with van der Waals surface area (Å²) in [6, 6.07) is 24.6. The van der Waals surface area contributed by atoms with Crippen molar-refractivity contribution in [2.45, 2.75) is 53.0 Å². The van der Waals surface area contributed by atoms with Crippen molar-refractivity contribution in [3.05, 3.63) is 95.3 Å². The number of carbonyl (C=O) groups is 1. The molecule has 2 N–H and O–H groups in total. The number of hydrogen-bond acceptors (Lipinski definition) is 3. The minimum absolute atomic E-state index is 0.0117. The summed E-state index contributed by atoms with van der Waals surface area (Å²) in [5.41, 5.74) is 12.2. The van der Waals surface area contributed by atoms with Crippen molar-refractivity contribution >= 4 is 22.8 Å². The number of carbonyl (C=O) groups excluding carboxylic acids is 1. The number of fused-ring (bicyclic) bond motifs is 2. The molecule has 0 spiro atoms. The Bertz CT molecular complexity index is 1330. The Morgan fingerprint density at radius 2 is 1.71 bits per heavy atom. The van der Waals surface area contributed by atoms with E-state index < -0.39 is 0 Å². The Kier molecular flexibility index (Phi) is 6.55. The molecule has 4 aromatic rings. The number of rotatable bonds is 8. The van der Waals surface area contributed by atoms with Crippen molar-refractivity contribution in [2.24, 2.45) is 11.7 Å². The molecule has 0 bridgehead atoms. The molecule has 2 heterocycles. The predicted molar refractivity (Wildman–Crippen MR) is 141 cm³/mol. The van der Waals surface area contributed by atoms with Crippen LogP contribution >= 0.6 is 0 Å². The van der Waals surface area contributed by atoms with Crippen LogP contribution in [-0.2, 0) is 32.7 Å². The van der Waals surface area contributed by atoms with Gasteiger partial charge >= 0.3 is 6.03 Å². The molecular formula is C29H33N5O. The summed E-state index contributed by atoms with van der Waals surface area (Å²) in [5.74, 6) is 1.47. The van der Waals surface area contributed by atoms with Crippen molar-refractivity contribution < 1.29 is 4.79 Å². The molecule has 0 atom stereocenters. The summed E-state index contributed by atoms with van der Waals surface area (Å²) >= 11 is 0. The standard InChI is InChI=1S/C29H33N5O/c1-21(2)14-15-33-27-13-12-23(17-30)16-25(27)31-28(33)20-34-26-11-7-6-10-24(26)19-32(29(34)35)18-22-8-4-3-5-9-22/h3-13,16,21H,14-15,17-20,30H2,1-2H3. The molecule has 1 aromatic heterocycles. The molecule has 35 heavy (non-hydrogen) atoms. The smallest absolute Gasteiger partial charge is 0.325 e. The van der Waals surface area contributed by atoms with E-state index in [1.165, 1.54) is 0 Å². The second-order valence-corrected chi connectivity index (χ2v) is 9.73.